The molecule has 0 saturated carbocycles. The number of rotatable bonds is 4. The Balaban J connectivity index is 1.53. The second kappa shape index (κ2) is 8.82. The van der Waals surface area contributed by atoms with Gasteiger partial charge in [0.15, 0.2) is 6.04 Å². The molecule has 7 heteroatoms. The van der Waals surface area contributed by atoms with Crippen LogP contribution in [0, 0.1) is 0 Å². The Morgan fingerprint density at radius 3 is 2.62 bits per heavy atom. The molecule has 0 bridgehead atoms. The van der Waals surface area contributed by atoms with Crippen molar-refractivity contribution in [3.63, 3.8) is 0 Å². The predicted molar refractivity (Wildman–Crippen MR) is 124 cm³/mol. The molecule has 32 heavy (non-hydrogen) atoms. The average Bonchev–Trinajstić information content (AvgIpc) is 3.18. The molecule has 3 aromatic rings. The van der Waals surface area contributed by atoms with E-state index >= 15 is 0 Å². The summed E-state index contributed by atoms with van der Waals surface area (Å²) in [6.45, 7) is 6.24. The van der Waals surface area contributed by atoms with Gasteiger partial charge in [-0.25, -0.2) is 9.59 Å². The van der Waals surface area contributed by atoms with Crippen LogP contribution in [0.4, 0.5) is 4.79 Å². The van der Waals surface area contributed by atoms with Gasteiger partial charge in [0, 0.05) is 16.1 Å². The van der Waals surface area contributed by atoms with Gasteiger partial charge in [0.2, 0.25) is 0 Å². The third-order valence-electron chi connectivity index (χ3n) is 5.25. The first-order valence-corrected chi connectivity index (χ1v) is 11.4. The SMILES string of the molecule is COC(=O)[C@H]1c2ccc(OCc3cc4ccccc4s3)cc2CCN1C(=O)OC(C)(C)C. The minimum absolute atomic E-state index is 0.363. The summed E-state index contributed by atoms with van der Waals surface area (Å²) in [6, 6.07) is 15.2. The summed E-state index contributed by atoms with van der Waals surface area (Å²) in [6.07, 6.45) is 0.0750. The van der Waals surface area contributed by atoms with E-state index in [0.717, 1.165) is 21.8 Å². The Labute approximate surface area is 191 Å². The van der Waals surface area contributed by atoms with Crippen LogP contribution in [0.5, 0.6) is 5.75 Å². The van der Waals surface area contributed by atoms with E-state index in [2.05, 4.69) is 18.2 Å². The quantitative estimate of drug-likeness (QED) is 0.489. The molecule has 4 rings (SSSR count). The lowest BCUT2D eigenvalue weighted by Crippen LogP contribution is -2.46. The summed E-state index contributed by atoms with van der Waals surface area (Å²) in [5, 5.41) is 1.21. The maximum atomic E-state index is 12.7. The summed E-state index contributed by atoms with van der Waals surface area (Å²) < 4.78 is 17.8. The number of carbonyl (C=O) groups is 2. The molecular formula is C25H27NO5S. The largest absolute Gasteiger partial charge is 0.488 e. The number of hydrogen-bond donors (Lipinski definition) is 0. The molecular weight excluding hydrogens is 426 g/mol. The van der Waals surface area contributed by atoms with Crippen molar-refractivity contribution in [3.8, 4) is 5.75 Å². The molecule has 1 amide bonds. The highest BCUT2D eigenvalue weighted by atomic mass is 32.1. The van der Waals surface area contributed by atoms with Crippen molar-refractivity contribution in [2.45, 2.75) is 45.4 Å². The van der Waals surface area contributed by atoms with E-state index in [1.807, 2.05) is 30.3 Å². The minimum atomic E-state index is -0.838. The Morgan fingerprint density at radius 2 is 1.91 bits per heavy atom. The average molecular weight is 454 g/mol. The zero-order valence-corrected chi connectivity index (χ0v) is 19.5. The number of ether oxygens (including phenoxy) is 3. The molecule has 6 nitrogen and oxygen atoms in total. The number of esters is 1. The first-order chi connectivity index (χ1) is 15.2. The maximum Gasteiger partial charge on any atom is 0.411 e. The molecule has 0 radical (unpaired) electrons. The summed E-state index contributed by atoms with van der Waals surface area (Å²) in [5.41, 5.74) is 1.06. The smallest absolute Gasteiger partial charge is 0.411 e. The summed E-state index contributed by atoms with van der Waals surface area (Å²) in [7, 11) is 1.33. The Hall–Kier alpha value is -3.06. The molecule has 1 aliphatic heterocycles. The van der Waals surface area contributed by atoms with E-state index in [9.17, 15) is 9.59 Å². The molecule has 0 saturated heterocycles. The van der Waals surface area contributed by atoms with Crippen molar-refractivity contribution < 1.29 is 23.8 Å². The van der Waals surface area contributed by atoms with Crippen LogP contribution < -0.4 is 4.74 Å². The van der Waals surface area contributed by atoms with E-state index in [1.165, 1.54) is 22.1 Å². The standard InChI is InChI=1S/C25H27NO5S/c1-25(2,3)31-24(28)26-12-11-16-13-18(9-10-20(16)22(26)23(27)29-4)30-15-19-14-17-7-5-6-8-21(17)32-19/h5-10,13-14,22H,11-12,15H2,1-4H3/t22-/m1/s1. The minimum Gasteiger partial charge on any atom is -0.488 e. The summed E-state index contributed by atoms with van der Waals surface area (Å²) in [4.78, 5) is 27.9. The van der Waals surface area contributed by atoms with E-state index in [1.54, 1.807) is 32.1 Å². The summed E-state index contributed by atoms with van der Waals surface area (Å²) in [5.74, 6) is 0.242. The van der Waals surface area contributed by atoms with E-state index < -0.39 is 23.7 Å². The van der Waals surface area contributed by atoms with Gasteiger partial charge in [0.25, 0.3) is 0 Å². The maximum absolute atomic E-state index is 12.7. The van der Waals surface area contributed by atoms with Crippen molar-refractivity contribution in [2.75, 3.05) is 13.7 Å². The lowest BCUT2D eigenvalue weighted by atomic mass is 9.92. The molecule has 0 aliphatic carbocycles. The van der Waals surface area contributed by atoms with Crippen LogP contribution in [0.25, 0.3) is 10.1 Å². The van der Waals surface area contributed by atoms with Crippen LogP contribution >= 0.6 is 11.3 Å². The van der Waals surface area contributed by atoms with Gasteiger partial charge < -0.3 is 14.2 Å². The zero-order chi connectivity index (χ0) is 22.9. The second-order valence-electron chi connectivity index (χ2n) is 8.75. The van der Waals surface area contributed by atoms with E-state index in [-0.39, 0.29) is 0 Å². The van der Waals surface area contributed by atoms with Gasteiger partial charge in [-0.05, 0) is 68.0 Å². The van der Waals surface area contributed by atoms with Gasteiger partial charge >= 0.3 is 12.1 Å². The monoisotopic (exact) mass is 453 g/mol. The number of thiophene rings is 1. The highest BCUT2D eigenvalue weighted by Crippen LogP contribution is 2.34. The van der Waals surface area contributed by atoms with Crippen molar-refractivity contribution >= 4 is 33.5 Å². The normalized spacial score (nSPS) is 15.9. The fraction of sp³-hybridized carbons (Fsp3) is 0.360. The van der Waals surface area contributed by atoms with Gasteiger partial charge in [-0.2, -0.15) is 0 Å². The highest BCUT2D eigenvalue weighted by Gasteiger charge is 2.39. The van der Waals surface area contributed by atoms with Crippen LogP contribution in [0.2, 0.25) is 0 Å². The molecule has 0 spiro atoms. The Kier molecular flexibility index (Phi) is 6.11. The number of hydrogen-bond acceptors (Lipinski definition) is 6. The third-order valence-corrected chi connectivity index (χ3v) is 6.34. The number of amides is 1. The van der Waals surface area contributed by atoms with Crippen molar-refractivity contribution in [3.05, 3.63) is 64.5 Å². The fourth-order valence-corrected chi connectivity index (χ4v) is 4.82. The summed E-state index contributed by atoms with van der Waals surface area (Å²) >= 11 is 1.72. The van der Waals surface area contributed by atoms with Gasteiger partial charge in [-0.3, -0.25) is 4.90 Å². The van der Waals surface area contributed by atoms with E-state index in [4.69, 9.17) is 14.2 Å². The molecule has 168 valence electrons. The van der Waals surface area contributed by atoms with Crippen LogP contribution in [0.3, 0.4) is 0 Å². The van der Waals surface area contributed by atoms with Gasteiger partial charge in [0.1, 0.15) is 18.0 Å². The molecule has 1 aliphatic rings. The second-order valence-corrected chi connectivity index (χ2v) is 9.92. The number of fused-ring (bicyclic) bond motifs is 2. The molecule has 1 atom stereocenters. The van der Waals surface area contributed by atoms with Gasteiger partial charge in [-0.15, -0.1) is 11.3 Å². The zero-order valence-electron chi connectivity index (χ0n) is 18.7. The predicted octanol–water partition coefficient (Wildman–Crippen LogP) is 5.49. The first kappa shape index (κ1) is 22.1. The molecule has 0 fully saturated rings. The van der Waals surface area contributed by atoms with Crippen LogP contribution in [-0.4, -0.2) is 36.2 Å². The number of methoxy groups -OCH3 is 1. The molecule has 0 unspecified atom stereocenters. The lowest BCUT2D eigenvalue weighted by molar-refractivity contribution is -0.147. The van der Waals surface area contributed by atoms with Crippen molar-refractivity contribution in [1.29, 1.82) is 0 Å². The van der Waals surface area contributed by atoms with Crippen molar-refractivity contribution in [1.82, 2.24) is 4.90 Å². The topological polar surface area (TPSA) is 65.1 Å². The van der Waals surface area contributed by atoms with Crippen LogP contribution in [0.15, 0.2) is 48.5 Å². The van der Waals surface area contributed by atoms with Crippen LogP contribution in [-0.2, 0) is 27.3 Å². The Bertz CT molecular complexity index is 1110. The lowest BCUT2D eigenvalue weighted by Gasteiger charge is -2.36. The van der Waals surface area contributed by atoms with Crippen LogP contribution in [0.1, 0.15) is 42.8 Å². The molecule has 0 N–H and O–H groups in total. The number of nitrogens with zero attached hydrogens (tertiary/aromatic N) is 1. The fourth-order valence-electron chi connectivity index (χ4n) is 3.84. The first-order valence-electron chi connectivity index (χ1n) is 10.6. The van der Waals surface area contributed by atoms with Gasteiger partial charge in [0.05, 0.1) is 7.11 Å². The number of benzene rings is 2. The molecule has 2 aromatic carbocycles. The van der Waals surface area contributed by atoms with Gasteiger partial charge in [-0.1, -0.05) is 24.3 Å². The third kappa shape index (κ3) is 4.72. The van der Waals surface area contributed by atoms with Crippen molar-refractivity contribution in [2.24, 2.45) is 0 Å². The number of carbonyl (C=O) groups excluding carboxylic acids is 2. The Morgan fingerprint density at radius 1 is 1.12 bits per heavy atom. The highest BCUT2D eigenvalue weighted by molar-refractivity contribution is 7.19. The van der Waals surface area contributed by atoms with E-state index in [0.29, 0.717) is 19.6 Å². The molecule has 2 heterocycles. The molecule has 1 aromatic heterocycles.